The zero-order valence-electron chi connectivity index (χ0n) is 16.6. The van der Waals surface area contributed by atoms with Crippen LogP contribution in [-0.2, 0) is 15.7 Å². The molecule has 0 saturated carbocycles. The molecule has 2 atom stereocenters. The van der Waals surface area contributed by atoms with Gasteiger partial charge < -0.3 is 10.1 Å². The minimum absolute atomic E-state index is 0.0820. The lowest BCUT2D eigenvalue weighted by molar-refractivity contribution is -0.137. The first-order valence-corrected chi connectivity index (χ1v) is 10.1. The van der Waals surface area contributed by atoms with Gasteiger partial charge in [-0.3, -0.25) is 9.69 Å². The summed E-state index contributed by atoms with van der Waals surface area (Å²) in [4.78, 5) is 26.5. The summed E-state index contributed by atoms with van der Waals surface area (Å²) in [5.41, 5.74) is -1.83. The van der Waals surface area contributed by atoms with Crippen molar-refractivity contribution in [1.82, 2.24) is 5.32 Å². The highest BCUT2D eigenvalue weighted by atomic mass is 32.2. The first kappa shape index (κ1) is 22.0. The van der Waals surface area contributed by atoms with E-state index in [9.17, 15) is 22.8 Å². The molecule has 1 fully saturated rings. The summed E-state index contributed by atoms with van der Waals surface area (Å²) < 4.78 is 44.9. The van der Waals surface area contributed by atoms with Crippen LogP contribution in [0.1, 0.15) is 37.3 Å². The van der Waals surface area contributed by atoms with Crippen molar-refractivity contribution < 1.29 is 27.5 Å². The van der Waals surface area contributed by atoms with E-state index in [0.29, 0.717) is 5.56 Å². The number of nitrogens with zero attached hydrogens (tertiary/aromatic N) is 1. The molecule has 0 bridgehead atoms. The lowest BCUT2D eigenvalue weighted by atomic mass is 10.1. The fraction of sp³-hybridized carbons (Fsp3) is 0.333. The Morgan fingerprint density at radius 1 is 1.07 bits per heavy atom. The van der Waals surface area contributed by atoms with Crippen LogP contribution in [0.5, 0.6) is 0 Å². The van der Waals surface area contributed by atoms with Crippen molar-refractivity contribution in [3.8, 4) is 0 Å². The van der Waals surface area contributed by atoms with Gasteiger partial charge in [0.2, 0.25) is 5.44 Å². The van der Waals surface area contributed by atoms with Crippen LogP contribution in [0.4, 0.5) is 23.7 Å². The number of thioether (sulfide) groups is 1. The Kier molecular flexibility index (Phi) is 6.03. The van der Waals surface area contributed by atoms with E-state index in [4.69, 9.17) is 4.74 Å². The summed E-state index contributed by atoms with van der Waals surface area (Å²) >= 11 is 1.05. The molecule has 2 amide bonds. The normalized spacial score (nSPS) is 19.7. The molecule has 2 aromatic rings. The van der Waals surface area contributed by atoms with Crippen LogP contribution in [0, 0.1) is 0 Å². The molecule has 0 aliphatic carbocycles. The molecule has 0 radical (unpaired) electrons. The molecule has 1 aliphatic heterocycles. The van der Waals surface area contributed by atoms with E-state index in [2.05, 4.69) is 5.32 Å². The highest BCUT2D eigenvalue weighted by Gasteiger charge is 2.45. The third-order valence-electron chi connectivity index (χ3n) is 4.15. The van der Waals surface area contributed by atoms with Gasteiger partial charge in [-0.25, -0.2) is 4.79 Å². The molecular weight excluding hydrogens is 417 g/mol. The van der Waals surface area contributed by atoms with Crippen LogP contribution in [0.15, 0.2) is 54.6 Å². The molecule has 5 nitrogen and oxygen atoms in total. The first-order chi connectivity index (χ1) is 14.0. The highest BCUT2D eigenvalue weighted by Crippen LogP contribution is 2.46. The number of amides is 2. The lowest BCUT2D eigenvalue weighted by Crippen LogP contribution is -2.43. The van der Waals surface area contributed by atoms with Crippen molar-refractivity contribution in [3.63, 3.8) is 0 Å². The molecule has 0 spiro atoms. The summed E-state index contributed by atoms with van der Waals surface area (Å²) in [5.74, 6) is -0.600. The maximum Gasteiger partial charge on any atom is 0.416 e. The fourth-order valence-corrected chi connectivity index (χ4v) is 4.19. The minimum Gasteiger partial charge on any atom is -0.425 e. The largest absolute Gasteiger partial charge is 0.425 e. The Morgan fingerprint density at radius 2 is 1.73 bits per heavy atom. The molecule has 30 heavy (non-hydrogen) atoms. The minimum atomic E-state index is -4.54. The number of ether oxygens (including phenoxy) is 1. The summed E-state index contributed by atoms with van der Waals surface area (Å²) in [6, 6.07) is 13.4. The van der Waals surface area contributed by atoms with Crippen LogP contribution in [0.3, 0.4) is 0 Å². The summed E-state index contributed by atoms with van der Waals surface area (Å²) in [6.45, 7) is 5.29. The van der Waals surface area contributed by atoms with Gasteiger partial charge in [-0.15, -0.1) is 0 Å². The van der Waals surface area contributed by atoms with Crippen molar-refractivity contribution in [2.45, 2.75) is 43.3 Å². The number of halogens is 3. The van der Waals surface area contributed by atoms with Gasteiger partial charge >= 0.3 is 12.3 Å². The molecule has 9 heteroatoms. The van der Waals surface area contributed by atoms with Gasteiger partial charge in [-0.05, 0) is 44.5 Å². The SMILES string of the molecule is CC(C)(C)NC(=O)OC1SC(c2ccccc2)N(c2cccc(C(F)(F)F)c2)C1=O. The number of hydrogen-bond donors (Lipinski definition) is 1. The second kappa shape index (κ2) is 8.22. The van der Waals surface area contributed by atoms with Crippen LogP contribution >= 0.6 is 11.8 Å². The number of hydrogen-bond acceptors (Lipinski definition) is 4. The molecule has 1 saturated heterocycles. The third kappa shape index (κ3) is 5.08. The van der Waals surface area contributed by atoms with E-state index >= 15 is 0 Å². The Balaban J connectivity index is 1.94. The number of alkyl carbamates (subject to hydrolysis) is 1. The number of rotatable bonds is 3. The van der Waals surface area contributed by atoms with Gasteiger partial charge in [0.25, 0.3) is 5.91 Å². The van der Waals surface area contributed by atoms with Crippen LogP contribution in [-0.4, -0.2) is 23.0 Å². The Hall–Kier alpha value is -2.68. The van der Waals surface area contributed by atoms with Crippen molar-refractivity contribution in [2.75, 3.05) is 4.90 Å². The Labute approximate surface area is 176 Å². The Morgan fingerprint density at radius 3 is 2.33 bits per heavy atom. The molecular formula is C21H21F3N2O3S. The van der Waals surface area contributed by atoms with Crippen molar-refractivity contribution in [3.05, 3.63) is 65.7 Å². The smallest absolute Gasteiger partial charge is 0.416 e. The summed E-state index contributed by atoms with van der Waals surface area (Å²) in [7, 11) is 0. The summed E-state index contributed by atoms with van der Waals surface area (Å²) in [5, 5.41) is 1.97. The van der Waals surface area contributed by atoms with Crippen LogP contribution < -0.4 is 10.2 Å². The van der Waals surface area contributed by atoms with Crippen LogP contribution in [0.2, 0.25) is 0 Å². The zero-order valence-corrected chi connectivity index (χ0v) is 17.4. The number of anilines is 1. The number of carbonyl (C=O) groups is 2. The van der Waals surface area contributed by atoms with E-state index in [1.54, 1.807) is 51.1 Å². The monoisotopic (exact) mass is 438 g/mol. The Bertz CT molecular complexity index is 929. The average molecular weight is 438 g/mol. The third-order valence-corrected chi connectivity index (χ3v) is 5.44. The molecule has 2 unspecified atom stereocenters. The van der Waals surface area contributed by atoms with E-state index in [0.717, 1.165) is 23.9 Å². The van der Waals surface area contributed by atoms with E-state index < -0.39 is 40.1 Å². The average Bonchev–Trinajstić information content (AvgIpc) is 2.96. The predicted molar refractivity (Wildman–Crippen MR) is 109 cm³/mol. The molecule has 1 aliphatic rings. The zero-order chi connectivity index (χ0) is 22.1. The van der Waals surface area contributed by atoms with Gasteiger partial charge in [0.05, 0.1) is 5.56 Å². The van der Waals surface area contributed by atoms with Crippen LogP contribution in [0.25, 0.3) is 0 Å². The molecule has 0 aromatic heterocycles. The number of benzene rings is 2. The topological polar surface area (TPSA) is 58.6 Å². The number of carbonyl (C=O) groups excluding carboxylic acids is 2. The fourth-order valence-electron chi connectivity index (χ4n) is 2.92. The maximum atomic E-state index is 13.2. The van der Waals surface area contributed by atoms with Gasteiger partial charge in [0, 0.05) is 11.2 Å². The molecule has 1 heterocycles. The maximum absolute atomic E-state index is 13.2. The molecule has 3 rings (SSSR count). The highest BCUT2D eigenvalue weighted by molar-refractivity contribution is 8.01. The van der Waals surface area contributed by atoms with Gasteiger partial charge in [-0.2, -0.15) is 13.2 Å². The molecule has 2 aromatic carbocycles. The second-order valence-corrected chi connectivity index (χ2v) is 8.91. The van der Waals surface area contributed by atoms with Crippen molar-refractivity contribution >= 4 is 29.4 Å². The van der Waals surface area contributed by atoms with Crippen molar-refractivity contribution in [2.24, 2.45) is 0 Å². The predicted octanol–water partition coefficient (Wildman–Crippen LogP) is 5.33. The van der Waals surface area contributed by atoms with E-state index in [1.165, 1.54) is 17.0 Å². The summed E-state index contributed by atoms with van der Waals surface area (Å²) in [6.07, 6.45) is -5.32. The lowest BCUT2D eigenvalue weighted by Gasteiger charge is -2.24. The van der Waals surface area contributed by atoms with Gasteiger partial charge in [-0.1, -0.05) is 48.2 Å². The quantitative estimate of drug-likeness (QED) is 0.703. The standard InChI is InChI=1S/C21H21F3N2O3S/c1-20(2,3)25-19(28)29-18-16(27)26(17(30-18)13-8-5-4-6-9-13)15-11-7-10-14(12-15)21(22,23)24/h4-12,17-18H,1-3H3,(H,25,28). The van der Waals surface area contributed by atoms with Crippen molar-refractivity contribution in [1.29, 1.82) is 0 Å². The molecule has 1 N–H and O–H groups in total. The van der Waals surface area contributed by atoms with Gasteiger partial charge in [0.15, 0.2) is 0 Å². The molecule has 160 valence electrons. The van der Waals surface area contributed by atoms with E-state index in [-0.39, 0.29) is 5.69 Å². The first-order valence-electron chi connectivity index (χ1n) is 9.15. The second-order valence-electron chi connectivity index (χ2n) is 7.77. The number of nitrogens with one attached hydrogen (secondary N) is 1. The van der Waals surface area contributed by atoms with E-state index in [1.807, 2.05) is 0 Å². The number of alkyl halides is 3. The van der Waals surface area contributed by atoms with Gasteiger partial charge in [0.1, 0.15) is 5.37 Å².